The third-order valence-corrected chi connectivity index (χ3v) is 9.10. The molecule has 7 nitrogen and oxygen atoms in total. The van der Waals surface area contributed by atoms with Gasteiger partial charge in [-0.05, 0) is 87.8 Å². The normalized spacial score (nSPS) is 13.6. The largest absolute Gasteiger partial charge is 0.455 e. The average molecular weight is 622 g/mol. The second-order valence-corrected chi connectivity index (χ2v) is 12.1. The van der Waals surface area contributed by atoms with Crippen LogP contribution in [0.3, 0.4) is 0 Å². The van der Waals surface area contributed by atoms with E-state index in [9.17, 15) is 22.7 Å². The molecule has 0 atom stereocenters. The van der Waals surface area contributed by atoms with Crippen LogP contribution in [0.1, 0.15) is 45.8 Å². The highest BCUT2D eigenvalue weighted by molar-refractivity contribution is 9.10. The Hall–Kier alpha value is -2.92. The van der Waals surface area contributed by atoms with Crippen LogP contribution in [0, 0.1) is 5.82 Å². The van der Waals surface area contributed by atoms with Gasteiger partial charge in [0.05, 0.1) is 28.6 Å². The number of furan rings is 1. The van der Waals surface area contributed by atoms with Crippen molar-refractivity contribution in [1.82, 2.24) is 5.32 Å². The maximum Gasteiger partial charge on any atom is 0.255 e. The zero-order chi connectivity index (χ0) is 27.2. The number of nitrogens with one attached hydrogen (secondary N) is 2. The Morgan fingerprint density at radius 2 is 1.89 bits per heavy atom. The third kappa shape index (κ3) is 5.31. The lowest BCUT2D eigenvalue weighted by Gasteiger charge is -2.14. The van der Waals surface area contributed by atoms with Gasteiger partial charge in [-0.25, -0.2) is 12.8 Å². The summed E-state index contributed by atoms with van der Waals surface area (Å²) in [5.74, 6) is -0.747. The summed E-state index contributed by atoms with van der Waals surface area (Å²) >= 11 is 9.49. The van der Waals surface area contributed by atoms with E-state index in [0.29, 0.717) is 48.4 Å². The van der Waals surface area contributed by atoms with Crippen LogP contribution >= 0.6 is 27.5 Å². The Bertz CT molecular complexity index is 1670. The van der Waals surface area contributed by atoms with Gasteiger partial charge < -0.3 is 14.8 Å². The Labute approximate surface area is 232 Å². The SMILES string of the molecule is CNC(=O)c1c(-c2ccc(F)cc2)oc2cc(NS(=O)(=O)Cc3cc(Cl)c(Br)c(CO)c3)c(C3CC3)cc12. The fourth-order valence-corrected chi connectivity index (χ4v) is 6.27. The Morgan fingerprint density at radius 1 is 1.18 bits per heavy atom. The minimum atomic E-state index is -3.89. The standard InChI is InChI=1S/C27H23BrClFN2O5S/c1-31-27(34)24-20-10-19(15-2-3-15)22(11-23(20)37-26(24)16-4-6-18(30)7-5-16)32-38(35,36)13-14-8-17(12-33)25(28)21(29)9-14/h4-11,15,32-33H,2-3,12-13H2,1H3,(H,31,34). The van der Waals surface area contributed by atoms with Crippen LogP contribution in [-0.2, 0) is 22.4 Å². The summed E-state index contributed by atoms with van der Waals surface area (Å²) in [5, 5.41) is 13.0. The molecule has 0 aliphatic heterocycles. The van der Waals surface area contributed by atoms with Crippen molar-refractivity contribution in [2.24, 2.45) is 0 Å². The number of halogens is 3. The van der Waals surface area contributed by atoms with Crippen molar-refractivity contribution < 1.29 is 27.1 Å². The molecule has 1 heterocycles. The zero-order valence-corrected chi connectivity index (χ0v) is 23.3. The molecule has 1 aliphatic carbocycles. The number of aliphatic hydroxyl groups is 1. The second-order valence-electron chi connectivity index (χ2n) is 9.17. The molecule has 0 bridgehead atoms. The molecule has 0 spiro atoms. The maximum atomic E-state index is 13.5. The second kappa shape index (κ2) is 10.3. The molecule has 3 N–H and O–H groups in total. The monoisotopic (exact) mass is 620 g/mol. The van der Waals surface area contributed by atoms with Crippen molar-refractivity contribution >= 4 is 60.1 Å². The molecular weight excluding hydrogens is 599 g/mol. The molecule has 3 aromatic carbocycles. The van der Waals surface area contributed by atoms with Crippen molar-refractivity contribution in [3.05, 3.63) is 86.1 Å². The first-order chi connectivity index (χ1) is 18.1. The van der Waals surface area contributed by atoms with E-state index in [1.807, 2.05) is 0 Å². The van der Waals surface area contributed by atoms with Gasteiger partial charge in [0.25, 0.3) is 5.91 Å². The molecule has 1 amide bonds. The van der Waals surface area contributed by atoms with Gasteiger partial charge in [0.15, 0.2) is 0 Å². The number of sulfonamides is 1. The van der Waals surface area contributed by atoms with Crippen molar-refractivity contribution in [2.45, 2.75) is 31.1 Å². The molecule has 198 valence electrons. The van der Waals surface area contributed by atoms with E-state index in [2.05, 4.69) is 26.0 Å². The minimum Gasteiger partial charge on any atom is -0.455 e. The summed E-state index contributed by atoms with van der Waals surface area (Å²) in [5.41, 5.74) is 3.17. The van der Waals surface area contributed by atoms with Crippen LogP contribution in [0.25, 0.3) is 22.3 Å². The molecule has 4 aromatic rings. The van der Waals surface area contributed by atoms with Gasteiger partial charge >= 0.3 is 0 Å². The number of amides is 1. The van der Waals surface area contributed by atoms with Crippen LogP contribution in [-0.4, -0.2) is 26.5 Å². The minimum absolute atomic E-state index is 0.141. The molecule has 38 heavy (non-hydrogen) atoms. The highest BCUT2D eigenvalue weighted by Gasteiger charge is 2.31. The number of fused-ring (bicyclic) bond motifs is 1. The molecule has 1 aromatic heterocycles. The summed E-state index contributed by atoms with van der Waals surface area (Å²) in [6.07, 6.45) is 1.78. The van der Waals surface area contributed by atoms with Crippen molar-refractivity contribution in [3.8, 4) is 11.3 Å². The van der Waals surface area contributed by atoms with E-state index in [1.54, 1.807) is 18.2 Å². The Balaban J connectivity index is 1.58. The van der Waals surface area contributed by atoms with Crippen LogP contribution in [0.15, 0.2) is 57.4 Å². The number of carbonyl (C=O) groups excluding carboxylic acids is 1. The lowest BCUT2D eigenvalue weighted by Crippen LogP contribution is -2.18. The zero-order valence-electron chi connectivity index (χ0n) is 20.1. The number of hydrogen-bond donors (Lipinski definition) is 3. The fraction of sp³-hybridized carbons (Fsp3) is 0.222. The summed E-state index contributed by atoms with van der Waals surface area (Å²) in [4.78, 5) is 12.9. The molecule has 0 unspecified atom stereocenters. The number of hydrogen-bond acceptors (Lipinski definition) is 5. The van der Waals surface area contributed by atoms with Gasteiger partial charge in [0.1, 0.15) is 17.2 Å². The van der Waals surface area contributed by atoms with Crippen molar-refractivity contribution in [1.29, 1.82) is 0 Å². The topological polar surface area (TPSA) is 109 Å². The van der Waals surface area contributed by atoms with E-state index in [0.717, 1.165) is 18.4 Å². The lowest BCUT2D eigenvalue weighted by molar-refractivity contribution is 0.0964. The summed E-state index contributed by atoms with van der Waals surface area (Å²) in [6.45, 7) is -0.299. The Morgan fingerprint density at radius 3 is 2.53 bits per heavy atom. The average Bonchev–Trinajstić information content (AvgIpc) is 3.65. The number of rotatable bonds is 8. The van der Waals surface area contributed by atoms with Crippen LogP contribution in [0.5, 0.6) is 0 Å². The van der Waals surface area contributed by atoms with E-state index in [4.69, 9.17) is 16.0 Å². The molecule has 11 heteroatoms. The van der Waals surface area contributed by atoms with Crippen molar-refractivity contribution in [2.75, 3.05) is 11.8 Å². The highest BCUT2D eigenvalue weighted by atomic mass is 79.9. The van der Waals surface area contributed by atoms with Crippen LogP contribution in [0.2, 0.25) is 5.02 Å². The van der Waals surface area contributed by atoms with Gasteiger partial charge in [-0.2, -0.15) is 0 Å². The molecule has 0 radical (unpaired) electrons. The van der Waals surface area contributed by atoms with Crippen LogP contribution in [0.4, 0.5) is 10.1 Å². The van der Waals surface area contributed by atoms with E-state index in [1.165, 1.54) is 37.4 Å². The fourth-order valence-electron chi connectivity index (χ4n) is 4.46. The van der Waals surface area contributed by atoms with Gasteiger partial charge in [-0.3, -0.25) is 9.52 Å². The first kappa shape index (κ1) is 26.7. The summed E-state index contributed by atoms with van der Waals surface area (Å²) in [6, 6.07) is 12.1. The van der Waals surface area contributed by atoms with Crippen molar-refractivity contribution in [3.63, 3.8) is 0 Å². The Kier molecular flexibility index (Phi) is 7.25. The highest BCUT2D eigenvalue weighted by Crippen LogP contribution is 2.47. The van der Waals surface area contributed by atoms with Crippen LogP contribution < -0.4 is 10.0 Å². The molecule has 1 fully saturated rings. The predicted molar refractivity (Wildman–Crippen MR) is 148 cm³/mol. The summed E-state index contributed by atoms with van der Waals surface area (Å²) in [7, 11) is -2.38. The van der Waals surface area contributed by atoms with Gasteiger partial charge in [0.2, 0.25) is 10.0 Å². The quantitative estimate of drug-likeness (QED) is 0.213. The first-order valence-corrected chi connectivity index (χ1v) is 14.6. The number of carbonyl (C=O) groups is 1. The number of anilines is 1. The smallest absolute Gasteiger partial charge is 0.255 e. The maximum absolute atomic E-state index is 13.5. The molecule has 1 aliphatic rings. The van der Waals surface area contributed by atoms with Gasteiger partial charge in [-0.1, -0.05) is 17.7 Å². The van der Waals surface area contributed by atoms with E-state index >= 15 is 0 Å². The lowest BCUT2D eigenvalue weighted by atomic mass is 10.0. The van der Waals surface area contributed by atoms with Gasteiger partial charge in [-0.15, -0.1) is 0 Å². The van der Waals surface area contributed by atoms with E-state index in [-0.39, 0.29) is 29.9 Å². The molecule has 5 rings (SSSR count). The number of benzene rings is 3. The van der Waals surface area contributed by atoms with Gasteiger partial charge in [0, 0.05) is 28.5 Å². The molecule has 1 saturated carbocycles. The van der Waals surface area contributed by atoms with E-state index < -0.39 is 15.8 Å². The molecule has 0 saturated heterocycles. The first-order valence-electron chi connectivity index (χ1n) is 11.8. The molecular formula is C27H23BrClFN2O5S. The summed E-state index contributed by atoms with van der Waals surface area (Å²) < 4.78 is 49.2. The third-order valence-electron chi connectivity index (χ3n) is 6.39. The predicted octanol–water partition coefficient (Wildman–Crippen LogP) is 6.33. The number of aliphatic hydroxyl groups excluding tert-OH is 1.